The molecule has 104 valence electrons. The Morgan fingerprint density at radius 2 is 1.95 bits per heavy atom. The summed E-state index contributed by atoms with van der Waals surface area (Å²) in [5.41, 5.74) is 1.77. The molecule has 0 atom stereocenters. The Morgan fingerprint density at radius 1 is 1.20 bits per heavy atom. The molecule has 20 heavy (non-hydrogen) atoms. The van der Waals surface area contributed by atoms with Crippen LogP contribution in [0.4, 0.5) is 0 Å². The lowest BCUT2D eigenvalue weighted by atomic mass is 10.1. The summed E-state index contributed by atoms with van der Waals surface area (Å²) in [5.74, 6) is 1.47. The summed E-state index contributed by atoms with van der Waals surface area (Å²) < 4.78 is 10.8. The van der Waals surface area contributed by atoms with Gasteiger partial charge in [-0.1, -0.05) is 11.6 Å². The third kappa shape index (κ3) is 3.26. The van der Waals surface area contributed by atoms with Gasteiger partial charge in [-0.05, 0) is 37.1 Å². The van der Waals surface area contributed by atoms with Crippen LogP contribution in [-0.4, -0.2) is 23.2 Å². The monoisotopic (exact) mass is 290 g/mol. The number of rotatable bonds is 5. The summed E-state index contributed by atoms with van der Waals surface area (Å²) in [6.07, 6.45) is 2.72. The largest absolute Gasteiger partial charge is 0.490 e. The number of aromatic nitrogens is 2. The van der Waals surface area contributed by atoms with Crippen LogP contribution < -0.4 is 4.74 Å². The van der Waals surface area contributed by atoms with Crippen LogP contribution in [0.3, 0.4) is 0 Å². The van der Waals surface area contributed by atoms with Crippen LogP contribution in [0.25, 0.3) is 11.3 Å². The molecular formula is C15H15ClN2O2. The molecule has 0 amide bonds. The van der Waals surface area contributed by atoms with Gasteiger partial charge in [0.05, 0.1) is 11.8 Å². The summed E-state index contributed by atoms with van der Waals surface area (Å²) in [6, 6.07) is 9.62. The van der Waals surface area contributed by atoms with Gasteiger partial charge in [0.1, 0.15) is 17.5 Å². The molecule has 1 fully saturated rings. The molecule has 1 aliphatic rings. The highest BCUT2D eigenvalue weighted by Crippen LogP contribution is 2.28. The molecule has 1 aromatic carbocycles. The highest BCUT2D eigenvalue weighted by Gasteiger charge is 2.23. The molecule has 0 unspecified atom stereocenters. The van der Waals surface area contributed by atoms with Crippen LogP contribution in [0, 0.1) is 0 Å². The van der Waals surface area contributed by atoms with Crippen molar-refractivity contribution in [2.45, 2.75) is 25.6 Å². The van der Waals surface area contributed by atoms with Crippen LogP contribution in [0.2, 0.25) is 5.15 Å². The number of ether oxygens (including phenoxy) is 2. The summed E-state index contributed by atoms with van der Waals surface area (Å²) in [5, 5.41) is 0.417. The van der Waals surface area contributed by atoms with Gasteiger partial charge in [0, 0.05) is 18.7 Å². The molecule has 0 aliphatic heterocycles. The average Bonchev–Trinajstić information content (AvgIpc) is 3.23. The minimum absolute atomic E-state index is 0.344. The first kappa shape index (κ1) is 13.3. The molecular weight excluding hydrogens is 276 g/mol. The molecule has 0 saturated heterocycles. The average molecular weight is 291 g/mol. The molecule has 1 aliphatic carbocycles. The van der Waals surface area contributed by atoms with Crippen LogP contribution in [-0.2, 0) is 11.3 Å². The molecule has 0 radical (unpaired) electrons. The van der Waals surface area contributed by atoms with Crippen LogP contribution in [0.15, 0.2) is 30.3 Å². The predicted octanol–water partition coefficient (Wildman–Crippen LogP) is 3.48. The van der Waals surface area contributed by atoms with E-state index in [1.54, 1.807) is 13.2 Å². The fraction of sp³-hybridized carbons (Fsp3) is 0.333. The Balaban J connectivity index is 1.83. The quantitative estimate of drug-likeness (QED) is 0.791. The van der Waals surface area contributed by atoms with Crippen molar-refractivity contribution in [3.8, 4) is 17.0 Å². The second-order valence-electron chi connectivity index (χ2n) is 4.77. The summed E-state index contributed by atoms with van der Waals surface area (Å²) >= 11 is 6.01. The van der Waals surface area contributed by atoms with Gasteiger partial charge >= 0.3 is 0 Å². The Hall–Kier alpha value is -1.65. The third-order valence-corrected chi connectivity index (χ3v) is 3.19. The molecule has 1 aromatic heterocycles. The van der Waals surface area contributed by atoms with E-state index in [-0.39, 0.29) is 0 Å². The minimum Gasteiger partial charge on any atom is -0.490 e. The SMILES string of the molecule is COCc1nc(Cl)cc(-c2ccc(OC3CC3)cc2)n1. The van der Waals surface area contributed by atoms with Crippen molar-refractivity contribution in [1.29, 1.82) is 0 Å². The minimum atomic E-state index is 0.344. The van der Waals surface area contributed by atoms with Crippen molar-refractivity contribution in [2.24, 2.45) is 0 Å². The van der Waals surface area contributed by atoms with Crippen LogP contribution in [0.1, 0.15) is 18.7 Å². The Morgan fingerprint density at radius 3 is 2.60 bits per heavy atom. The lowest BCUT2D eigenvalue weighted by molar-refractivity contribution is 0.178. The standard InChI is InChI=1S/C15H15ClN2O2/c1-19-9-15-17-13(8-14(16)18-15)10-2-4-11(5-3-10)20-12-6-7-12/h2-5,8,12H,6-7,9H2,1H3. The van der Waals surface area contributed by atoms with Gasteiger partial charge in [-0.2, -0.15) is 0 Å². The van der Waals surface area contributed by atoms with Gasteiger partial charge in [-0.15, -0.1) is 0 Å². The molecule has 1 saturated carbocycles. The number of benzene rings is 1. The fourth-order valence-electron chi connectivity index (χ4n) is 1.89. The first-order valence-electron chi connectivity index (χ1n) is 6.54. The Kier molecular flexibility index (Phi) is 3.85. The van der Waals surface area contributed by atoms with E-state index in [9.17, 15) is 0 Å². The highest BCUT2D eigenvalue weighted by atomic mass is 35.5. The molecule has 4 nitrogen and oxygen atoms in total. The normalized spacial score (nSPS) is 14.3. The zero-order valence-corrected chi connectivity index (χ0v) is 11.9. The summed E-state index contributed by atoms with van der Waals surface area (Å²) in [6.45, 7) is 0.344. The number of hydrogen-bond acceptors (Lipinski definition) is 4. The second kappa shape index (κ2) is 5.77. The van der Waals surface area contributed by atoms with Crippen LogP contribution in [0.5, 0.6) is 5.75 Å². The van der Waals surface area contributed by atoms with E-state index in [0.29, 0.717) is 23.7 Å². The van der Waals surface area contributed by atoms with Gasteiger partial charge in [-0.25, -0.2) is 9.97 Å². The maximum Gasteiger partial charge on any atom is 0.156 e. The van der Waals surface area contributed by atoms with E-state index in [4.69, 9.17) is 21.1 Å². The molecule has 1 heterocycles. The number of nitrogens with zero attached hydrogens (tertiary/aromatic N) is 2. The molecule has 0 spiro atoms. The van der Waals surface area contributed by atoms with Crippen molar-refractivity contribution >= 4 is 11.6 Å². The van der Waals surface area contributed by atoms with Gasteiger partial charge in [0.2, 0.25) is 0 Å². The fourth-order valence-corrected chi connectivity index (χ4v) is 2.09. The van der Waals surface area contributed by atoms with Crippen molar-refractivity contribution < 1.29 is 9.47 Å². The zero-order valence-electron chi connectivity index (χ0n) is 11.2. The molecule has 0 N–H and O–H groups in total. The lowest BCUT2D eigenvalue weighted by Crippen LogP contribution is -1.99. The topological polar surface area (TPSA) is 44.2 Å². The highest BCUT2D eigenvalue weighted by molar-refractivity contribution is 6.29. The maximum atomic E-state index is 6.01. The van der Waals surface area contributed by atoms with Crippen molar-refractivity contribution in [3.63, 3.8) is 0 Å². The smallest absolute Gasteiger partial charge is 0.156 e. The second-order valence-corrected chi connectivity index (χ2v) is 5.15. The van der Waals surface area contributed by atoms with Gasteiger partial charge < -0.3 is 9.47 Å². The number of halogens is 1. The molecule has 3 rings (SSSR count). The number of hydrogen-bond donors (Lipinski definition) is 0. The first-order valence-corrected chi connectivity index (χ1v) is 6.92. The van der Waals surface area contributed by atoms with E-state index in [1.165, 1.54) is 0 Å². The molecule has 5 heteroatoms. The predicted molar refractivity (Wildman–Crippen MR) is 76.8 cm³/mol. The zero-order chi connectivity index (χ0) is 13.9. The Bertz CT molecular complexity index is 597. The maximum absolute atomic E-state index is 6.01. The van der Waals surface area contributed by atoms with Crippen molar-refractivity contribution in [2.75, 3.05) is 7.11 Å². The van der Waals surface area contributed by atoms with Crippen molar-refractivity contribution in [3.05, 3.63) is 41.3 Å². The number of methoxy groups -OCH3 is 1. The van der Waals surface area contributed by atoms with Crippen molar-refractivity contribution in [1.82, 2.24) is 9.97 Å². The first-order chi connectivity index (χ1) is 9.74. The summed E-state index contributed by atoms with van der Waals surface area (Å²) in [4.78, 5) is 8.55. The third-order valence-electron chi connectivity index (χ3n) is 2.99. The van der Waals surface area contributed by atoms with Gasteiger partial charge in [0.15, 0.2) is 5.82 Å². The van der Waals surface area contributed by atoms with E-state index in [0.717, 1.165) is 29.8 Å². The Labute approximate surface area is 122 Å². The van der Waals surface area contributed by atoms with E-state index < -0.39 is 0 Å². The van der Waals surface area contributed by atoms with E-state index in [2.05, 4.69) is 9.97 Å². The van der Waals surface area contributed by atoms with Gasteiger partial charge in [-0.3, -0.25) is 0 Å². The molecule has 0 bridgehead atoms. The van der Waals surface area contributed by atoms with E-state index >= 15 is 0 Å². The van der Waals surface area contributed by atoms with Gasteiger partial charge in [0.25, 0.3) is 0 Å². The molecule has 2 aromatic rings. The lowest BCUT2D eigenvalue weighted by Gasteiger charge is -2.07. The van der Waals surface area contributed by atoms with Crippen LogP contribution >= 0.6 is 11.6 Å². The van der Waals surface area contributed by atoms with E-state index in [1.807, 2.05) is 24.3 Å². The summed E-state index contributed by atoms with van der Waals surface area (Å²) in [7, 11) is 1.61.